The molecule has 0 unspecified atom stereocenters. The molecule has 3 rings (SSSR count). The standard InChI is InChI=1S/C18H18ClNO2S2/c1-2-3-13-20(24(21,22)14-9-5-4-6-10-14)18-17(19)15-11-7-8-12-16(15)23-18/h4-12H,2-3,13H2,1H3. The van der Waals surface area contributed by atoms with Gasteiger partial charge in [0.05, 0.1) is 9.92 Å². The number of thiophene rings is 1. The van der Waals surface area contributed by atoms with E-state index in [0.717, 1.165) is 22.9 Å². The summed E-state index contributed by atoms with van der Waals surface area (Å²) in [5.41, 5.74) is 0. The maximum absolute atomic E-state index is 13.1. The van der Waals surface area contributed by atoms with Crippen LogP contribution in [-0.2, 0) is 10.0 Å². The van der Waals surface area contributed by atoms with Crippen LogP contribution in [0.5, 0.6) is 0 Å². The van der Waals surface area contributed by atoms with Gasteiger partial charge in [-0.3, -0.25) is 4.31 Å². The average molecular weight is 380 g/mol. The second-order valence-corrected chi connectivity index (χ2v) is 8.73. The summed E-state index contributed by atoms with van der Waals surface area (Å²) >= 11 is 7.95. The Hall–Kier alpha value is -1.56. The summed E-state index contributed by atoms with van der Waals surface area (Å²) in [4.78, 5) is 0.287. The third-order valence-electron chi connectivity index (χ3n) is 3.79. The number of unbranched alkanes of at least 4 members (excludes halogenated alkanes) is 1. The fraction of sp³-hybridized carbons (Fsp3) is 0.222. The molecule has 126 valence electrons. The number of hydrogen-bond donors (Lipinski definition) is 0. The van der Waals surface area contributed by atoms with Crippen LogP contribution in [-0.4, -0.2) is 15.0 Å². The first-order chi connectivity index (χ1) is 11.6. The van der Waals surface area contributed by atoms with Gasteiger partial charge in [0.1, 0.15) is 5.00 Å². The minimum Gasteiger partial charge on any atom is -0.256 e. The number of hydrogen-bond acceptors (Lipinski definition) is 3. The first-order valence-electron chi connectivity index (χ1n) is 7.80. The highest BCUT2D eigenvalue weighted by atomic mass is 35.5. The number of halogens is 1. The van der Waals surface area contributed by atoms with Crippen molar-refractivity contribution in [3.63, 3.8) is 0 Å². The predicted molar refractivity (Wildman–Crippen MR) is 103 cm³/mol. The van der Waals surface area contributed by atoms with E-state index in [-0.39, 0.29) is 4.90 Å². The van der Waals surface area contributed by atoms with Crippen LogP contribution in [0.15, 0.2) is 59.5 Å². The smallest absolute Gasteiger partial charge is 0.256 e. The minimum absolute atomic E-state index is 0.287. The van der Waals surface area contributed by atoms with E-state index in [4.69, 9.17) is 11.6 Å². The van der Waals surface area contributed by atoms with E-state index in [1.165, 1.54) is 15.6 Å². The van der Waals surface area contributed by atoms with Crippen LogP contribution in [0.2, 0.25) is 5.02 Å². The number of benzene rings is 2. The van der Waals surface area contributed by atoms with Crippen molar-refractivity contribution in [2.45, 2.75) is 24.7 Å². The van der Waals surface area contributed by atoms with Crippen LogP contribution in [0.1, 0.15) is 19.8 Å². The summed E-state index contributed by atoms with van der Waals surface area (Å²) < 4.78 is 28.7. The molecule has 0 spiro atoms. The van der Waals surface area contributed by atoms with E-state index in [0.29, 0.717) is 16.6 Å². The molecule has 0 radical (unpaired) electrons. The van der Waals surface area contributed by atoms with Crippen molar-refractivity contribution < 1.29 is 8.42 Å². The lowest BCUT2D eigenvalue weighted by molar-refractivity contribution is 0.589. The van der Waals surface area contributed by atoms with Gasteiger partial charge in [-0.05, 0) is 24.6 Å². The molecule has 0 N–H and O–H groups in total. The first kappa shape index (κ1) is 17.3. The number of anilines is 1. The van der Waals surface area contributed by atoms with Gasteiger partial charge in [-0.2, -0.15) is 0 Å². The number of nitrogens with zero attached hydrogens (tertiary/aromatic N) is 1. The van der Waals surface area contributed by atoms with Crippen molar-refractivity contribution in [3.05, 3.63) is 59.6 Å². The van der Waals surface area contributed by atoms with Crippen LogP contribution in [0.3, 0.4) is 0 Å². The van der Waals surface area contributed by atoms with E-state index in [9.17, 15) is 8.42 Å². The highest BCUT2D eigenvalue weighted by Crippen LogP contribution is 2.43. The third kappa shape index (κ3) is 3.16. The van der Waals surface area contributed by atoms with E-state index >= 15 is 0 Å². The molecule has 24 heavy (non-hydrogen) atoms. The lowest BCUT2D eigenvalue weighted by atomic mass is 10.2. The molecule has 3 aromatic rings. The van der Waals surface area contributed by atoms with Gasteiger partial charge in [-0.15, -0.1) is 11.3 Å². The highest BCUT2D eigenvalue weighted by molar-refractivity contribution is 7.93. The van der Waals surface area contributed by atoms with Gasteiger partial charge < -0.3 is 0 Å². The Morgan fingerprint density at radius 2 is 1.71 bits per heavy atom. The maximum Gasteiger partial charge on any atom is 0.264 e. The maximum atomic E-state index is 13.1. The lowest BCUT2D eigenvalue weighted by Crippen LogP contribution is -2.31. The van der Waals surface area contributed by atoms with Crippen molar-refractivity contribution in [1.29, 1.82) is 0 Å². The normalized spacial score (nSPS) is 11.8. The Kier molecular flexibility index (Phi) is 5.13. The zero-order valence-corrected chi connectivity index (χ0v) is 15.7. The summed E-state index contributed by atoms with van der Waals surface area (Å²) in [6.45, 7) is 2.46. The van der Waals surface area contributed by atoms with E-state index in [1.807, 2.05) is 37.3 Å². The fourth-order valence-corrected chi connectivity index (χ4v) is 5.87. The molecule has 0 aliphatic carbocycles. The van der Waals surface area contributed by atoms with Crippen molar-refractivity contribution in [2.24, 2.45) is 0 Å². The molecule has 0 saturated carbocycles. The molecule has 3 nitrogen and oxygen atoms in total. The van der Waals surface area contributed by atoms with Crippen LogP contribution >= 0.6 is 22.9 Å². The molecule has 2 aromatic carbocycles. The Balaban J connectivity index is 2.14. The topological polar surface area (TPSA) is 37.4 Å². The lowest BCUT2D eigenvalue weighted by Gasteiger charge is -2.23. The molecule has 0 bridgehead atoms. The van der Waals surface area contributed by atoms with Crippen molar-refractivity contribution in [1.82, 2.24) is 0 Å². The summed E-state index contributed by atoms with van der Waals surface area (Å²) in [6.07, 6.45) is 1.68. The Bertz CT molecular complexity index is 936. The van der Waals surface area contributed by atoms with E-state index in [2.05, 4.69) is 0 Å². The van der Waals surface area contributed by atoms with Crippen LogP contribution in [0.25, 0.3) is 10.1 Å². The van der Waals surface area contributed by atoms with Gasteiger partial charge in [0.15, 0.2) is 0 Å². The summed E-state index contributed by atoms with van der Waals surface area (Å²) in [6, 6.07) is 16.2. The van der Waals surface area contributed by atoms with Gasteiger partial charge in [-0.1, -0.05) is 61.3 Å². The number of rotatable bonds is 6. The van der Waals surface area contributed by atoms with Crippen LogP contribution in [0, 0.1) is 0 Å². The highest BCUT2D eigenvalue weighted by Gasteiger charge is 2.28. The van der Waals surface area contributed by atoms with E-state index < -0.39 is 10.0 Å². The predicted octanol–water partition coefficient (Wildman–Crippen LogP) is 5.55. The second-order valence-electron chi connectivity index (χ2n) is 5.46. The van der Waals surface area contributed by atoms with Crippen molar-refractivity contribution in [2.75, 3.05) is 10.8 Å². The molecule has 1 aromatic heterocycles. The SMILES string of the molecule is CCCCN(c1sc2ccccc2c1Cl)S(=O)(=O)c1ccccc1. The van der Waals surface area contributed by atoms with E-state index in [1.54, 1.807) is 24.3 Å². The zero-order valence-electron chi connectivity index (χ0n) is 13.3. The quantitative estimate of drug-likeness (QED) is 0.563. The molecular formula is C18H18ClNO2S2. The Labute approximate surface area is 151 Å². The van der Waals surface area contributed by atoms with Gasteiger partial charge in [0.25, 0.3) is 10.0 Å². The Morgan fingerprint density at radius 3 is 2.38 bits per heavy atom. The second kappa shape index (κ2) is 7.13. The summed E-state index contributed by atoms with van der Waals surface area (Å²) in [7, 11) is -3.64. The van der Waals surface area contributed by atoms with Gasteiger partial charge >= 0.3 is 0 Å². The summed E-state index contributed by atoms with van der Waals surface area (Å²) in [5.74, 6) is 0. The van der Waals surface area contributed by atoms with Crippen LogP contribution in [0.4, 0.5) is 5.00 Å². The first-order valence-corrected chi connectivity index (χ1v) is 10.4. The zero-order chi connectivity index (χ0) is 17.2. The molecule has 0 aliphatic heterocycles. The molecule has 1 heterocycles. The monoisotopic (exact) mass is 379 g/mol. The van der Waals surface area contributed by atoms with Gasteiger partial charge in [-0.25, -0.2) is 8.42 Å². The largest absolute Gasteiger partial charge is 0.264 e. The number of fused-ring (bicyclic) bond motifs is 1. The third-order valence-corrected chi connectivity index (χ3v) is 7.41. The molecular weight excluding hydrogens is 362 g/mol. The van der Waals surface area contributed by atoms with Crippen molar-refractivity contribution in [3.8, 4) is 0 Å². The molecule has 0 saturated heterocycles. The summed E-state index contributed by atoms with van der Waals surface area (Å²) in [5, 5.41) is 1.99. The molecule has 0 fully saturated rings. The Morgan fingerprint density at radius 1 is 1.04 bits per heavy atom. The minimum atomic E-state index is -3.64. The van der Waals surface area contributed by atoms with Gasteiger partial charge in [0.2, 0.25) is 0 Å². The molecule has 6 heteroatoms. The molecule has 0 aliphatic rings. The number of sulfonamides is 1. The van der Waals surface area contributed by atoms with Crippen LogP contribution < -0.4 is 4.31 Å². The molecule has 0 amide bonds. The fourth-order valence-electron chi connectivity index (χ4n) is 2.51. The van der Waals surface area contributed by atoms with Crippen molar-refractivity contribution >= 4 is 48.0 Å². The van der Waals surface area contributed by atoms with Gasteiger partial charge in [0, 0.05) is 16.6 Å². The average Bonchev–Trinajstić information content (AvgIpc) is 2.93. The molecule has 0 atom stereocenters.